The van der Waals surface area contributed by atoms with Crippen LogP contribution in [0.25, 0.3) is 0 Å². The van der Waals surface area contributed by atoms with Gasteiger partial charge in [0.1, 0.15) is 6.73 Å². The van der Waals surface area contributed by atoms with Gasteiger partial charge < -0.3 is 4.74 Å². The fraction of sp³-hybridized carbons (Fsp3) is 0.385. The highest BCUT2D eigenvalue weighted by Gasteiger charge is 2.31. The topological polar surface area (TPSA) is 84.0 Å². The molecule has 1 aromatic rings. The Morgan fingerprint density at radius 3 is 2.14 bits per heavy atom. The summed E-state index contributed by atoms with van der Waals surface area (Å²) >= 11 is 0. The second-order valence-electron chi connectivity index (χ2n) is 4.83. The molecule has 2 heterocycles. The van der Waals surface area contributed by atoms with Crippen molar-refractivity contribution in [2.75, 3.05) is 24.8 Å². The molecule has 2 saturated heterocycles. The van der Waals surface area contributed by atoms with Gasteiger partial charge in [0, 0.05) is 19.4 Å². The molecule has 0 bridgehead atoms. The molecule has 0 spiro atoms. The van der Waals surface area contributed by atoms with Gasteiger partial charge in [-0.05, 0) is 24.3 Å². The fourth-order valence-electron chi connectivity index (χ4n) is 2.37. The van der Waals surface area contributed by atoms with Crippen LogP contribution < -0.4 is 4.90 Å². The van der Waals surface area contributed by atoms with Crippen molar-refractivity contribution >= 4 is 27.5 Å². The van der Waals surface area contributed by atoms with Crippen LogP contribution >= 0.6 is 0 Å². The number of nitrogens with zero attached hydrogens (tertiary/aromatic N) is 2. The first-order chi connectivity index (χ1) is 10.00. The minimum absolute atomic E-state index is 0.0488. The van der Waals surface area contributed by atoms with Crippen molar-refractivity contribution in [2.45, 2.75) is 17.7 Å². The summed E-state index contributed by atoms with van der Waals surface area (Å²) in [6, 6.07) is 5.76. The van der Waals surface area contributed by atoms with Crippen molar-refractivity contribution < 1.29 is 22.7 Å². The molecule has 2 aliphatic heterocycles. The number of hydrogen-bond acceptors (Lipinski definition) is 5. The molecule has 0 atom stereocenters. The smallest absolute Gasteiger partial charge is 0.245 e. The summed E-state index contributed by atoms with van der Waals surface area (Å²) in [5.41, 5.74) is 0.402. The number of carbonyl (C=O) groups excluding carboxylic acids is 2. The highest BCUT2D eigenvalue weighted by atomic mass is 32.2. The van der Waals surface area contributed by atoms with Crippen LogP contribution in [0.3, 0.4) is 0 Å². The summed E-state index contributed by atoms with van der Waals surface area (Å²) in [6.07, 6.45) is 0.397. The van der Waals surface area contributed by atoms with Crippen molar-refractivity contribution in [3.63, 3.8) is 0 Å². The van der Waals surface area contributed by atoms with E-state index in [9.17, 15) is 18.0 Å². The molecule has 0 radical (unpaired) electrons. The molecule has 2 fully saturated rings. The van der Waals surface area contributed by atoms with Crippen molar-refractivity contribution in [2.24, 2.45) is 0 Å². The first kappa shape index (κ1) is 14.2. The monoisotopic (exact) mass is 310 g/mol. The second kappa shape index (κ2) is 5.21. The molecule has 21 heavy (non-hydrogen) atoms. The number of imide groups is 1. The van der Waals surface area contributed by atoms with Crippen LogP contribution in [0, 0.1) is 0 Å². The summed E-state index contributed by atoms with van der Waals surface area (Å²) in [5.74, 6) is -0.521. The van der Waals surface area contributed by atoms with Gasteiger partial charge in [0.15, 0.2) is 0 Å². The molecule has 0 aromatic heterocycles. The highest BCUT2D eigenvalue weighted by molar-refractivity contribution is 7.89. The maximum Gasteiger partial charge on any atom is 0.245 e. The van der Waals surface area contributed by atoms with E-state index in [1.54, 1.807) is 0 Å². The molecule has 0 saturated carbocycles. The molecule has 7 nitrogen and oxygen atoms in total. The molecule has 0 aliphatic carbocycles. The van der Waals surface area contributed by atoms with E-state index in [-0.39, 0.29) is 36.3 Å². The number of sulfonamides is 1. The molecule has 1 aromatic carbocycles. The number of amides is 2. The lowest BCUT2D eigenvalue weighted by Gasteiger charge is -2.16. The average molecular weight is 310 g/mol. The van der Waals surface area contributed by atoms with Gasteiger partial charge >= 0.3 is 0 Å². The third kappa shape index (κ3) is 2.45. The van der Waals surface area contributed by atoms with Gasteiger partial charge in [0.05, 0.1) is 17.2 Å². The molecule has 3 rings (SSSR count). The van der Waals surface area contributed by atoms with E-state index in [2.05, 4.69) is 0 Å². The predicted molar refractivity (Wildman–Crippen MR) is 72.9 cm³/mol. The Hall–Kier alpha value is -1.77. The predicted octanol–water partition coefficient (Wildman–Crippen LogP) is 0.318. The quantitative estimate of drug-likeness (QED) is 0.751. The Morgan fingerprint density at radius 1 is 1.00 bits per heavy atom. The summed E-state index contributed by atoms with van der Waals surface area (Å²) in [4.78, 5) is 24.5. The van der Waals surface area contributed by atoms with Gasteiger partial charge in [0.2, 0.25) is 21.8 Å². The minimum atomic E-state index is -3.59. The Balaban J connectivity index is 1.87. The minimum Gasteiger partial charge on any atom is -0.364 e. The van der Waals surface area contributed by atoms with Gasteiger partial charge in [0.25, 0.3) is 0 Å². The molecular weight excluding hydrogens is 296 g/mol. The zero-order valence-corrected chi connectivity index (χ0v) is 12.0. The van der Waals surface area contributed by atoms with Gasteiger partial charge in [-0.25, -0.2) is 8.42 Å². The van der Waals surface area contributed by atoms with E-state index in [1.165, 1.54) is 28.6 Å². The summed E-state index contributed by atoms with van der Waals surface area (Å²) in [6.45, 7) is 0.758. The van der Waals surface area contributed by atoms with Gasteiger partial charge in [-0.1, -0.05) is 0 Å². The van der Waals surface area contributed by atoms with E-state index >= 15 is 0 Å². The Morgan fingerprint density at radius 2 is 1.62 bits per heavy atom. The number of hydrogen-bond donors (Lipinski definition) is 0. The number of carbonyl (C=O) groups is 2. The first-order valence-corrected chi connectivity index (χ1v) is 7.98. The maximum atomic E-state index is 12.3. The van der Waals surface area contributed by atoms with Crippen LogP contribution in [0.2, 0.25) is 0 Å². The van der Waals surface area contributed by atoms with Crippen LogP contribution in [0.5, 0.6) is 0 Å². The van der Waals surface area contributed by atoms with Crippen molar-refractivity contribution in [3.05, 3.63) is 24.3 Å². The lowest BCUT2D eigenvalue weighted by Crippen LogP contribution is -2.29. The maximum absolute atomic E-state index is 12.3. The number of anilines is 1. The van der Waals surface area contributed by atoms with E-state index in [0.717, 1.165) is 4.90 Å². The zero-order chi connectivity index (χ0) is 15.0. The third-order valence-electron chi connectivity index (χ3n) is 3.50. The van der Waals surface area contributed by atoms with Crippen LogP contribution in [0.15, 0.2) is 29.2 Å². The molecular formula is C13H14N2O5S. The van der Waals surface area contributed by atoms with Crippen LogP contribution in [-0.4, -0.2) is 44.4 Å². The lowest BCUT2D eigenvalue weighted by molar-refractivity contribution is -0.121. The van der Waals surface area contributed by atoms with Gasteiger partial charge in [-0.3, -0.25) is 14.5 Å². The standard InChI is InChI=1S/C13H14N2O5S/c16-12-5-6-13(17)15(12)10-1-3-11(4-2-10)21(18,19)14-7-8-20-9-14/h1-4H,5-9H2. The summed E-state index contributed by atoms with van der Waals surface area (Å²) < 4.78 is 30.9. The SMILES string of the molecule is O=C1CCC(=O)N1c1ccc(S(=O)(=O)N2CCOC2)cc1. The zero-order valence-electron chi connectivity index (χ0n) is 11.2. The van der Waals surface area contributed by atoms with E-state index < -0.39 is 10.0 Å². The van der Waals surface area contributed by atoms with Crippen LogP contribution in [0.1, 0.15) is 12.8 Å². The number of ether oxygens (including phenoxy) is 1. The molecule has 0 unspecified atom stereocenters. The highest BCUT2D eigenvalue weighted by Crippen LogP contribution is 2.25. The number of benzene rings is 1. The van der Waals surface area contributed by atoms with Crippen LogP contribution in [-0.2, 0) is 24.3 Å². The summed E-state index contributed by atoms with van der Waals surface area (Å²) in [7, 11) is -3.59. The molecule has 8 heteroatoms. The Kier molecular flexibility index (Phi) is 3.52. The van der Waals surface area contributed by atoms with Crippen molar-refractivity contribution in [1.82, 2.24) is 4.31 Å². The lowest BCUT2D eigenvalue weighted by atomic mass is 10.3. The van der Waals surface area contributed by atoms with E-state index in [1.807, 2.05) is 0 Å². The molecule has 112 valence electrons. The van der Waals surface area contributed by atoms with E-state index in [4.69, 9.17) is 4.74 Å². The fourth-order valence-corrected chi connectivity index (χ4v) is 3.67. The normalized spacial score (nSPS) is 20.5. The number of rotatable bonds is 3. The average Bonchev–Trinajstić information content (AvgIpc) is 3.10. The molecule has 2 aliphatic rings. The molecule has 0 N–H and O–H groups in total. The Bertz CT molecular complexity index is 661. The van der Waals surface area contributed by atoms with Gasteiger partial charge in [-0.2, -0.15) is 4.31 Å². The van der Waals surface area contributed by atoms with Gasteiger partial charge in [-0.15, -0.1) is 0 Å². The first-order valence-electron chi connectivity index (χ1n) is 6.54. The van der Waals surface area contributed by atoms with Crippen molar-refractivity contribution in [3.8, 4) is 0 Å². The second-order valence-corrected chi connectivity index (χ2v) is 6.77. The third-order valence-corrected chi connectivity index (χ3v) is 5.34. The van der Waals surface area contributed by atoms with Crippen LogP contribution in [0.4, 0.5) is 5.69 Å². The largest absolute Gasteiger partial charge is 0.364 e. The van der Waals surface area contributed by atoms with E-state index in [0.29, 0.717) is 18.8 Å². The Labute approximate surface area is 122 Å². The molecule has 2 amide bonds. The summed E-state index contributed by atoms with van der Waals surface area (Å²) in [5, 5.41) is 0. The van der Waals surface area contributed by atoms with Crippen molar-refractivity contribution in [1.29, 1.82) is 0 Å².